The standard InChI is InChI=1S/C15H12O.C14H10O/c1-16-13-9-8-12-7-6-11-4-2-3-5-14(11)15(12)10-13;15-12-8-7-11-6-5-10-3-1-2-4-13(10)14(11)9-12/h2-10H,1H3;1-9,15H/i2D,3D,4D,5D;1D,2D,3D,4D. The lowest BCUT2D eigenvalue weighted by Crippen LogP contribution is -1.83. The molecule has 2 heteroatoms. The molecule has 6 aromatic rings. The van der Waals surface area contributed by atoms with E-state index in [1.807, 2.05) is 18.2 Å². The average Bonchev–Trinajstić information content (AvgIpc) is 2.95. The summed E-state index contributed by atoms with van der Waals surface area (Å²) in [5.74, 6) is 0.741. The van der Waals surface area contributed by atoms with Crippen molar-refractivity contribution in [3.63, 3.8) is 0 Å². The van der Waals surface area contributed by atoms with Crippen LogP contribution in [-0.4, -0.2) is 12.2 Å². The first kappa shape index (κ1) is 12.0. The van der Waals surface area contributed by atoms with Crippen molar-refractivity contribution in [2.45, 2.75) is 0 Å². The maximum Gasteiger partial charge on any atom is 0.119 e. The van der Waals surface area contributed by atoms with Crippen LogP contribution in [0.15, 0.2) is 109 Å². The summed E-state index contributed by atoms with van der Waals surface area (Å²) in [5.41, 5.74) is 0. The molecule has 31 heavy (non-hydrogen) atoms. The van der Waals surface area contributed by atoms with E-state index in [2.05, 4.69) is 0 Å². The first-order chi connectivity index (χ1) is 18.5. The van der Waals surface area contributed by atoms with E-state index in [4.69, 9.17) is 15.7 Å². The molecule has 0 aliphatic heterocycles. The Balaban J connectivity index is 0.000000158. The van der Waals surface area contributed by atoms with Gasteiger partial charge in [-0.05, 0) is 67.4 Å². The highest BCUT2D eigenvalue weighted by Crippen LogP contribution is 2.29. The number of phenols is 1. The van der Waals surface area contributed by atoms with Gasteiger partial charge in [-0.3, -0.25) is 0 Å². The van der Waals surface area contributed by atoms with Crippen molar-refractivity contribution in [2.24, 2.45) is 0 Å². The highest BCUT2D eigenvalue weighted by Gasteiger charge is 2.01. The second-order valence-corrected chi connectivity index (χ2v) is 6.97. The SMILES string of the molecule is [2H]c1c([2H])c([2H])c2c(ccc3ccc(O)cc32)c1[2H].[2H]c1c([2H])c([2H])c2c(ccc3ccc(OC)cc32)c1[2H]. The monoisotopic (exact) mass is 410 g/mol. The van der Waals surface area contributed by atoms with Gasteiger partial charge in [-0.15, -0.1) is 0 Å². The van der Waals surface area contributed by atoms with Crippen LogP contribution < -0.4 is 4.74 Å². The topological polar surface area (TPSA) is 29.5 Å². The lowest BCUT2D eigenvalue weighted by Gasteiger charge is -2.05. The number of hydrogen-bond acceptors (Lipinski definition) is 2. The van der Waals surface area contributed by atoms with Gasteiger partial charge in [-0.2, -0.15) is 0 Å². The number of hydrogen-bond donors (Lipinski definition) is 1. The zero-order valence-electron chi connectivity index (χ0n) is 24.6. The number of benzene rings is 6. The van der Waals surface area contributed by atoms with Gasteiger partial charge < -0.3 is 9.84 Å². The van der Waals surface area contributed by atoms with Crippen molar-refractivity contribution in [2.75, 3.05) is 7.11 Å². The summed E-state index contributed by atoms with van der Waals surface area (Å²) >= 11 is 0. The summed E-state index contributed by atoms with van der Waals surface area (Å²) < 4.78 is 68.2. The molecule has 6 rings (SSSR count). The molecule has 0 radical (unpaired) electrons. The lowest BCUT2D eigenvalue weighted by atomic mass is 10.0. The molecule has 6 aromatic carbocycles. The summed E-state index contributed by atoms with van der Waals surface area (Å²) in [5, 5.41) is 14.7. The minimum atomic E-state index is -0.256. The van der Waals surface area contributed by atoms with Crippen LogP contribution in [0.4, 0.5) is 0 Å². The Bertz CT molecular complexity index is 1950. The fraction of sp³-hybridized carbons (Fsp3) is 0.0345. The summed E-state index contributed by atoms with van der Waals surface area (Å²) in [6.07, 6.45) is 0. The molecule has 1 N–H and O–H groups in total. The third-order valence-corrected chi connectivity index (χ3v) is 5.13. The largest absolute Gasteiger partial charge is 0.508 e. The Morgan fingerprint density at radius 2 is 1.06 bits per heavy atom. The van der Waals surface area contributed by atoms with Crippen LogP contribution in [0.5, 0.6) is 11.5 Å². The average molecular weight is 411 g/mol. The third-order valence-electron chi connectivity index (χ3n) is 5.13. The minimum absolute atomic E-state index is 0.00859. The number of ether oxygens (including phenoxy) is 1. The van der Waals surface area contributed by atoms with Crippen molar-refractivity contribution in [1.82, 2.24) is 0 Å². The second-order valence-electron chi connectivity index (χ2n) is 6.97. The molecule has 0 unspecified atom stereocenters. The van der Waals surface area contributed by atoms with Gasteiger partial charge >= 0.3 is 0 Å². The van der Waals surface area contributed by atoms with E-state index < -0.39 is 0 Å². The van der Waals surface area contributed by atoms with Crippen molar-refractivity contribution in [3.05, 3.63) is 109 Å². The van der Waals surface area contributed by atoms with Gasteiger partial charge in [0.25, 0.3) is 0 Å². The molecule has 0 saturated carbocycles. The quantitative estimate of drug-likeness (QED) is 0.281. The Hall–Kier alpha value is -4.04. The van der Waals surface area contributed by atoms with Crippen LogP contribution in [-0.2, 0) is 0 Å². The maximum absolute atomic E-state index is 9.58. The normalized spacial score (nSPS) is 14.5. The van der Waals surface area contributed by atoms with Crippen LogP contribution in [0.25, 0.3) is 43.1 Å². The van der Waals surface area contributed by atoms with E-state index in [1.165, 1.54) is 6.07 Å². The highest BCUT2D eigenvalue weighted by atomic mass is 16.5. The molecule has 0 aliphatic carbocycles. The Kier molecular flexibility index (Phi) is 3.09. The molecule has 150 valence electrons. The van der Waals surface area contributed by atoms with Gasteiger partial charge in [0.2, 0.25) is 0 Å². The van der Waals surface area contributed by atoms with Crippen LogP contribution in [0.1, 0.15) is 11.0 Å². The van der Waals surface area contributed by atoms with Gasteiger partial charge in [0, 0.05) is 0 Å². The van der Waals surface area contributed by atoms with Crippen LogP contribution in [0.3, 0.4) is 0 Å². The van der Waals surface area contributed by atoms with Gasteiger partial charge in [0.15, 0.2) is 0 Å². The van der Waals surface area contributed by atoms with E-state index >= 15 is 0 Å². The van der Waals surface area contributed by atoms with E-state index in [1.54, 1.807) is 43.5 Å². The zero-order chi connectivity index (χ0) is 28.2. The molecule has 0 saturated heterocycles. The van der Waals surface area contributed by atoms with E-state index in [-0.39, 0.29) is 54.1 Å². The Morgan fingerprint density at radius 1 is 0.581 bits per heavy atom. The molecule has 0 aliphatic rings. The highest BCUT2D eigenvalue weighted by molar-refractivity contribution is 6.08. The van der Waals surface area contributed by atoms with Gasteiger partial charge in [-0.25, -0.2) is 0 Å². The minimum Gasteiger partial charge on any atom is -0.508 e. The molecular weight excluding hydrogens is 380 g/mol. The van der Waals surface area contributed by atoms with Crippen LogP contribution in [0, 0.1) is 0 Å². The Labute approximate surface area is 192 Å². The summed E-state index contributed by atoms with van der Waals surface area (Å²) in [6, 6.07) is 16.3. The van der Waals surface area contributed by atoms with Crippen molar-refractivity contribution in [1.29, 1.82) is 0 Å². The molecule has 0 aromatic heterocycles. The summed E-state index contributed by atoms with van der Waals surface area (Å²) in [7, 11) is 1.57. The number of aromatic hydroxyl groups is 1. The molecule has 2 nitrogen and oxygen atoms in total. The molecule has 0 bridgehead atoms. The number of methoxy groups -OCH3 is 1. The molecule has 0 fully saturated rings. The predicted octanol–water partition coefficient (Wildman–Crippen LogP) is 7.70. The van der Waals surface area contributed by atoms with Gasteiger partial charge in [-0.1, -0.05) is 84.7 Å². The van der Waals surface area contributed by atoms with Crippen molar-refractivity contribution in [3.8, 4) is 11.5 Å². The van der Waals surface area contributed by atoms with Crippen molar-refractivity contribution < 1.29 is 20.8 Å². The van der Waals surface area contributed by atoms with E-state index in [0.29, 0.717) is 32.7 Å². The first-order valence-electron chi connectivity index (χ1n) is 13.6. The fourth-order valence-electron chi connectivity index (χ4n) is 3.60. The lowest BCUT2D eigenvalue weighted by molar-refractivity contribution is 0.415. The molecule has 0 amide bonds. The smallest absolute Gasteiger partial charge is 0.119 e. The Morgan fingerprint density at radius 3 is 1.68 bits per heavy atom. The van der Waals surface area contributed by atoms with Crippen LogP contribution in [0.2, 0.25) is 0 Å². The molecular formula is C29H22O2. The maximum atomic E-state index is 9.58. The molecule has 0 spiro atoms. The number of phenolic OH excluding ortho intramolecular Hbond substituents is 1. The number of fused-ring (bicyclic) bond motifs is 6. The molecule has 0 heterocycles. The number of rotatable bonds is 1. The van der Waals surface area contributed by atoms with Gasteiger partial charge in [0.05, 0.1) is 18.1 Å². The van der Waals surface area contributed by atoms with E-state index in [0.717, 1.165) is 16.2 Å². The molecule has 0 atom stereocenters. The second kappa shape index (κ2) is 8.00. The third kappa shape index (κ3) is 3.64. The first-order valence-corrected chi connectivity index (χ1v) is 9.63. The zero-order valence-corrected chi connectivity index (χ0v) is 16.6. The van der Waals surface area contributed by atoms with Gasteiger partial charge in [0.1, 0.15) is 11.5 Å². The predicted molar refractivity (Wildman–Crippen MR) is 131 cm³/mol. The summed E-state index contributed by atoms with van der Waals surface area (Å²) in [4.78, 5) is 0. The van der Waals surface area contributed by atoms with E-state index in [9.17, 15) is 5.11 Å². The van der Waals surface area contributed by atoms with Crippen molar-refractivity contribution >= 4 is 43.1 Å². The van der Waals surface area contributed by atoms with Crippen LogP contribution >= 0.6 is 0 Å². The summed E-state index contributed by atoms with van der Waals surface area (Å²) in [6.45, 7) is 0. The fourth-order valence-corrected chi connectivity index (χ4v) is 3.60.